The van der Waals surface area contributed by atoms with Crippen molar-refractivity contribution in [3.63, 3.8) is 0 Å². The number of nitrogens with zero attached hydrogens (tertiary/aromatic N) is 1. The minimum atomic E-state index is -0.337. The minimum absolute atomic E-state index is 0.220. The highest BCUT2D eigenvalue weighted by molar-refractivity contribution is 7.95. The number of amides is 1. The minimum Gasteiger partial charge on any atom is -0.410 e. The molecule has 1 amide bonds. The first kappa shape index (κ1) is 13.9. The maximum atomic E-state index is 11.5. The maximum absolute atomic E-state index is 11.5. The quantitative estimate of drug-likeness (QED) is 0.759. The molecule has 0 radical (unpaired) electrons. The Labute approximate surface area is 106 Å². The third-order valence-corrected chi connectivity index (χ3v) is 3.64. The first-order valence-corrected chi connectivity index (χ1v) is 7.45. The number of aryl methyl sites for hydroxylation is 2. The Bertz CT molecular complexity index is 404. The van der Waals surface area contributed by atoms with Crippen molar-refractivity contribution in [2.45, 2.75) is 18.7 Å². The predicted molar refractivity (Wildman–Crippen MR) is 73.1 cm³/mol. The molecule has 0 fully saturated rings. The van der Waals surface area contributed by atoms with Crippen molar-refractivity contribution in [1.82, 2.24) is 4.90 Å². The molecular formula is C13H20NO2S+. The fourth-order valence-corrected chi connectivity index (χ4v) is 2.31. The lowest BCUT2D eigenvalue weighted by Crippen LogP contribution is -2.25. The van der Waals surface area contributed by atoms with Crippen LogP contribution in [-0.4, -0.2) is 37.6 Å². The highest BCUT2D eigenvalue weighted by Crippen LogP contribution is 2.27. The zero-order chi connectivity index (χ0) is 13.2. The van der Waals surface area contributed by atoms with Gasteiger partial charge in [0.2, 0.25) is 0 Å². The standard InChI is InChI=1S/C13H20NO2S/c1-9-7-11(17(5)6)8-10(2)12(9)16-13(15)14(3)4/h7-8H,1-6H3/q+1. The van der Waals surface area contributed by atoms with E-state index in [9.17, 15) is 4.79 Å². The number of benzene rings is 1. The third kappa shape index (κ3) is 3.40. The van der Waals surface area contributed by atoms with Gasteiger partial charge < -0.3 is 9.64 Å². The molecular weight excluding hydrogens is 234 g/mol. The molecule has 0 unspecified atom stereocenters. The largest absolute Gasteiger partial charge is 0.414 e. The van der Waals surface area contributed by atoms with Crippen molar-refractivity contribution in [1.29, 1.82) is 0 Å². The Morgan fingerprint density at radius 2 is 1.65 bits per heavy atom. The summed E-state index contributed by atoms with van der Waals surface area (Å²) in [4.78, 5) is 14.3. The predicted octanol–water partition coefficient (Wildman–Crippen LogP) is 2.60. The fraction of sp³-hybridized carbons (Fsp3) is 0.462. The average molecular weight is 254 g/mol. The van der Waals surface area contributed by atoms with Gasteiger partial charge in [0.1, 0.15) is 18.3 Å². The first-order valence-electron chi connectivity index (χ1n) is 5.41. The molecule has 1 rings (SSSR count). The second kappa shape index (κ2) is 5.45. The molecule has 0 atom stereocenters. The van der Waals surface area contributed by atoms with Crippen LogP contribution < -0.4 is 4.74 Å². The maximum Gasteiger partial charge on any atom is 0.414 e. The zero-order valence-electron chi connectivity index (χ0n) is 11.3. The van der Waals surface area contributed by atoms with Crippen molar-refractivity contribution in [2.75, 3.05) is 26.6 Å². The Morgan fingerprint density at radius 1 is 1.18 bits per heavy atom. The molecule has 0 saturated heterocycles. The van der Waals surface area contributed by atoms with Crippen LogP contribution in [0.15, 0.2) is 17.0 Å². The molecule has 1 aromatic rings. The molecule has 1 aromatic carbocycles. The van der Waals surface area contributed by atoms with Crippen LogP contribution in [0.1, 0.15) is 11.1 Å². The van der Waals surface area contributed by atoms with Crippen LogP contribution >= 0.6 is 0 Å². The summed E-state index contributed by atoms with van der Waals surface area (Å²) < 4.78 is 5.36. The molecule has 0 saturated carbocycles. The van der Waals surface area contributed by atoms with Gasteiger partial charge in [0.25, 0.3) is 0 Å². The van der Waals surface area contributed by atoms with Gasteiger partial charge >= 0.3 is 6.09 Å². The monoisotopic (exact) mass is 254 g/mol. The molecule has 0 spiro atoms. The van der Waals surface area contributed by atoms with Crippen LogP contribution in [0.25, 0.3) is 0 Å². The molecule has 0 aromatic heterocycles. The molecule has 0 aliphatic carbocycles. The summed E-state index contributed by atoms with van der Waals surface area (Å²) in [5.41, 5.74) is 2.02. The van der Waals surface area contributed by atoms with Crippen molar-refractivity contribution < 1.29 is 9.53 Å². The number of carbonyl (C=O) groups excluding carboxylic acids is 1. The number of carbonyl (C=O) groups is 1. The van der Waals surface area contributed by atoms with Gasteiger partial charge in [-0.05, 0) is 37.1 Å². The Kier molecular flexibility index (Phi) is 4.46. The molecule has 17 heavy (non-hydrogen) atoms. The number of hydrogen-bond acceptors (Lipinski definition) is 2. The fourth-order valence-electron chi connectivity index (χ4n) is 1.49. The van der Waals surface area contributed by atoms with Crippen LogP contribution in [0.4, 0.5) is 4.79 Å². The third-order valence-electron chi connectivity index (χ3n) is 2.46. The van der Waals surface area contributed by atoms with Crippen molar-refractivity contribution >= 4 is 17.0 Å². The van der Waals surface area contributed by atoms with Gasteiger partial charge in [-0.25, -0.2) is 4.79 Å². The number of hydrogen-bond donors (Lipinski definition) is 0. The van der Waals surface area contributed by atoms with Crippen LogP contribution in [0.5, 0.6) is 5.75 Å². The second-order valence-electron chi connectivity index (χ2n) is 4.47. The lowest BCUT2D eigenvalue weighted by atomic mass is 10.1. The Balaban J connectivity index is 3.06. The highest BCUT2D eigenvalue weighted by Gasteiger charge is 2.16. The van der Waals surface area contributed by atoms with E-state index in [1.54, 1.807) is 14.1 Å². The van der Waals surface area contributed by atoms with Gasteiger partial charge in [0.15, 0.2) is 4.90 Å². The van der Waals surface area contributed by atoms with Crippen molar-refractivity contribution in [2.24, 2.45) is 0 Å². The number of rotatable bonds is 2. The SMILES string of the molecule is Cc1cc([S+](C)C)cc(C)c1OC(=O)N(C)C. The van der Waals surface area contributed by atoms with Crippen molar-refractivity contribution in [3.8, 4) is 5.75 Å². The Morgan fingerprint density at radius 3 is 2.00 bits per heavy atom. The first-order chi connectivity index (χ1) is 7.82. The second-order valence-corrected chi connectivity index (χ2v) is 6.57. The summed E-state index contributed by atoms with van der Waals surface area (Å²) in [6.45, 7) is 3.95. The van der Waals surface area contributed by atoms with Gasteiger partial charge in [-0.3, -0.25) is 0 Å². The lowest BCUT2D eigenvalue weighted by molar-refractivity contribution is 0.171. The summed E-state index contributed by atoms with van der Waals surface area (Å²) in [6, 6.07) is 4.18. The number of ether oxygens (including phenoxy) is 1. The zero-order valence-corrected chi connectivity index (χ0v) is 12.1. The molecule has 0 N–H and O–H groups in total. The molecule has 0 heterocycles. The van der Waals surface area contributed by atoms with E-state index in [1.807, 2.05) is 13.8 Å². The van der Waals surface area contributed by atoms with E-state index in [0.29, 0.717) is 5.75 Å². The smallest absolute Gasteiger partial charge is 0.410 e. The van der Waals surface area contributed by atoms with Gasteiger partial charge in [0.05, 0.1) is 0 Å². The van der Waals surface area contributed by atoms with E-state index in [4.69, 9.17) is 4.74 Å². The van der Waals surface area contributed by atoms with Crippen LogP contribution in [0.2, 0.25) is 0 Å². The summed E-state index contributed by atoms with van der Waals surface area (Å²) >= 11 is 0. The van der Waals surface area contributed by atoms with E-state index in [1.165, 1.54) is 9.80 Å². The van der Waals surface area contributed by atoms with E-state index in [-0.39, 0.29) is 17.0 Å². The molecule has 0 aliphatic heterocycles. The van der Waals surface area contributed by atoms with Gasteiger partial charge in [0, 0.05) is 25.0 Å². The highest BCUT2D eigenvalue weighted by atomic mass is 32.2. The molecule has 0 aliphatic rings. The summed E-state index contributed by atoms with van der Waals surface area (Å²) in [6.07, 6.45) is 4.02. The molecule has 4 heteroatoms. The Hall–Kier alpha value is -1.16. The van der Waals surface area contributed by atoms with Gasteiger partial charge in [-0.2, -0.15) is 0 Å². The van der Waals surface area contributed by atoms with Gasteiger partial charge in [-0.1, -0.05) is 0 Å². The van der Waals surface area contributed by atoms with E-state index in [0.717, 1.165) is 11.1 Å². The van der Waals surface area contributed by atoms with E-state index < -0.39 is 0 Å². The van der Waals surface area contributed by atoms with E-state index >= 15 is 0 Å². The van der Waals surface area contributed by atoms with Gasteiger partial charge in [-0.15, -0.1) is 0 Å². The molecule has 94 valence electrons. The summed E-state index contributed by atoms with van der Waals surface area (Å²) in [7, 11) is 3.57. The summed E-state index contributed by atoms with van der Waals surface area (Å²) in [5, 5.41) is 0. The summed E-state index contributed by atoms with van der Waals surface area (Å²) in [5.74, 6) is 0.679. The van der Waals surface area contributed by atoms with Crippen molar-refractivity contribution in [3.05, 3.63) is 23.3 Å². The van der Waals surface area contributed by atoms with Crippen LogP contribution in [-0.2, 0) is 10.9 Å². The van der Waals surface area contributed by atoms with Crippen LogP contribution in [0, 0.1) is 13.8 Å². The van der Waals surface area contributed by atoms with E-state index in [2.05, 4.69) is 24.6 Å². The topological polar surface area (TPSA) is 29.5 Å². The molecule has 0 bridgehead atoms. The average Bonchev–Trinajstić information content (AvgIpc) is 2.22. The lowest BCUT2D eigenvalue weighted by Gasteiger charge is -2.14. The molecule has 3 nitrogen and oxygen atoms in total. The van der Waals surface area contributed by atoms with Crippen LogP contribution in [0.3, 0.4) is 0 Å². The normalized spacial score (nSPS) is 10.5.